The van der Waals surface area contributed by atoms with Crippen molar-refractivity contribution in [1.82, 2.24) is 16.0 Å². The van der Waals surface area contributed by atoms with Crippen molar-refractivity contribution in [2.45, 2.75) is 84.0 Å². The molecule has 12 heteroatoms. The number of carboxylic acid groups (broad SMARTS) is 2. The molecule has 1 aromatic rings. The van der Waals surface area contributed by atoms with E-state index in [0.717, 1.165) is 0 Å². The number of nitrogens with two attached hydrogens (primary N) is 1. The number of nitrogens with one attached hydrogen (secondary N) is 3. The molecule has 1 aromatic carbocycles. The molecular weight excluding hydrogens is 496 g/mol. The van der Waals surface area contributed by atoms with Crippen LogP contribution in [0, 0.1) is 11.8 Å². The van der Waals surface area contributed by atoms with Gasteiger partial charge >= 0.3 is 11.9 Å². The zero-order valence-electron chi connectivity index (χ0n) is 22.3. The molecule has 3 amide bonds. The molecule has 38 heavy (non-hydrogen) atoms. The van der Waals surface area contributed by atoms with E-state index in [-0.39, 0.29) is 24.5 Å². The van der Waals surface area contributed by atoms with E-state index in [1.807, 2.05) is 13.8 Å². The molecule has 8 N–H and O–H groups in total. The smallest absolute Gasteiger partial charge is 0.326 e. The minimum atomic E-state index is -1.46. The van der Waals surface area contributed by atoms with Crippen LogP contribution in [0.4, 0.5) is 0 Å². The van der Waals surface area contributed by atoms with Crippen LogP contribution in [0.5, 0.6) is 5.75 Å². The lowest BCUT2D eigenvalue weighted by atomic mass is 9.96. The van der Waals surface area contributed by atoms with Gasteiger partial charge in [-0.05, 0) is 42.4 Å². The number of hydrogen-bond donors (Lipinski definition) is 7. The van der Waals surface area contributed by atoms with E-state index in [4.69, 9.17) is 10.8 Å². The van der Waals surface area contributed by atoms with Crippen molar-refractivity contribution in [2.75, 3.05) is 0 Å². The van der Waals surface area contributed by atoms with Gasteiger partial charge in [0.25, 0.3) is 0 Å². The molecule has 5 atom stereocenters. The van der Waals surface area contributed by atoms with Crippen LogP contribution < -0.4 is 21.7 Å². The quantitative estimate of drug-likeness (QED) is 0.159. The zero-order chi connectivity index (χ0) is 29.0. The van der Waals surface area contributed by atoms with Crippen molar-refractivity contribution >= 4 is 29.7 Å². The van der Waals surface area contributed by atoms with Crippen molar-refractivity contribution in [2.24, 2.45) is 17.6 Å². The van der Waals surface area contributed by atoms with E-state index in [2.05, 4.69) is 16.0 Å². The Hall–Kier alpha value is -3.67. The fourth-order valence-electron chi connectivity index (χ4n) is 3.71. The molecular formula is C26H40N4O8. The average molecular weight is 537 g/mol. The van der Waals surface area contributed by atoms with Crippen LogP contribution >= 0.6 is 0 Å². The zero-order valence-corrected chi connectivity index (χ0v) is 22.3. The summed E-state index contributed by atoms with van der Waals surface area (Å²) >= 11 is 0. The van der Waals surface area contributed by atoms with Gasteiger partial charge in [0.15, 0.2) is 0 Å². The second kappa shape index (κ2) is 15.6. The molecule has 0 aliphatic carbocycles. The lowest BCUT2D eigenvalue weighted by Gasteiger charge is -2.28. The Kier molecular flexibility index (Phi) is 13.2. The fourth-order valence-corrected chi connectivity index (χ4v) is 3.71. The molecule has 12 nitrogen and oxygen atoms in total. The Morgan fingerprint density at radius 2 is 1.45 bits per heavy atom. The fraction of sp³-hybridized carbons (Fsp3) is 0.577. The Morgan fingerprint density at radius 3 is 1.95 bits per heavy atom. The Bertz CT molecular complexity index is 966. The standard InChI is InChI=1S/C26H40N4O8/c1-5-15(4)22(25(36)28-19(26(37)38)10-11-21(32)33)30-24(35)20(13-16-6-8-17(31)9-7-16)29-23(34)18(27)12-14(2)3/h6-9,14-15,18-20,22,31H,5,10-13,27H2,1-4H3,(H,28,36)(H,29,34)(H,30,35)(H,32,33)(H,37,38). The maximum atomic E-state index is 13.4. The number of amides is 3. The van der Waals surface area contributed by atoms with E-state index >= 15 is 0 Å². The maximum absolute atomic E-state index is 13.4. The van der Waals surface area contributed by atoms with Crippen LogP contribution in [0.3, 0.4) is 0 Å². The second-order valence-corrected chi connectivity index (χ2v) is 9.87. The molecule has 0 bridgehead atoms. The van der Waals surface area contributed by atoms with Crippen molar-refractivity contribution in [3.05, 3.63) is 29.8 Å². The number of rotatable bonds is 16. The number of hydrogen-bond acceptors (Lipinski definition) is 7. The third kappa shape index (κ3) is 11.2. The van der Waals surface area contributed by atoms with Crippen molar-refractivity contribution in [3.63, 3.8) is 0 Å². The van der Waals surface area contributed by atoms with Crippen molar-refractivity contribution in [3.8, 4) is 5.75 Å². The first kappa shape index (κ1) is 32.4. The summed E-state index contributed by atoms with van der Waals surface area (Å²) in [5, 5.41) is 35.4. The predicted molar refractivity (Wildman–Crippen MR) is 139 cm³/mol. The summed E-state index contributed by atoms with van der Waals surface area (Å²) in [6.07, 6.45) is 0.0982. The second-order valence-electron chi connectivity index (χ2n) is 9.87. The molecule has 0 aliphatic rings. The summed E-state index contributed by atoms with van der Waals surface area (Å²) in [7, 11) is 0. The first-order valence-corrected chi connectivity index (χ1v) is 12.6. The van der Waals surface area contributed by atoms with E-state index in [9.17, 15) is 34.2 Å². The highest BCUT2D eigenvalue weighted by molar-refractivity contribution is 5.94. The third-order valence-electron chi connectivity index (χ3n) is 6.13. The van der Waals surface area contributed by atoms with Gasteiger partial charge in [-0.25, -0.2) is 4.79 Å². The molecule has 0 spiro atoms. The summed E-state index contributed by atoms with van der Waals surface area (Å²) in [5.74, 6) is -4.85. The number of phenolic OH excluding ortho intramolecular Hbond substituents is 1. The van der Waals surface area contributed by atoms with Gasteiger partial charge in [0, 0.05) is 12.8 Å². The number of carbonyl (C=O) groups is 5. The molecule has 0 aliphatic heterocycles. The highest BCUT2D eigenvalue weighted by Gasteiger charge is 2.33. The molecule has 0 saturated carbocycles. The maximum Gasteiger partial charge on any atom is 0.326 e. The number of aliphatic carboxylic acids is 2. The minimum absolute atomic E-state index is 0.0298. The third-order valence-corrected chi connectivity index (χ3v) is 6.13. The SMILES string of the molecule is CCC(C)C(NC(=O)C(Cc1ccc(O)cc1)NC(=O)C(N)CC(C)C)C(=O)NC(CCC(=O)O)C(=O)O. The van der Waals surface area contributed by atoms with Crippen molar-refractivity contribution in [1.29, 1.82) is 0 Å². The Balaban J connectivity index is 3.15. The van der Waals surface area contributed by atoms with E-state index < -0.39 is 66.2 Å². The predicted octanol–water partition coefficient (Wildman–Crippen LogP) is 0.758. The lowest BCUT2D eigenvalue weighted by Crippen LogP contribution is -2.59. The highest BCUT2D eigenvalue weighted by atomic mass is 16.4. The largest absolute Gasteiger partial charge is 0.508 e. The monoisotopic (exact) mass is 536 g/mol. The van der Waals surface area contributed by atoms with Crippen LogP contribution in [0.15, 0.2) is 24.3 Å². The van der Waals surface area contributed by atoms with Crippen LogP contribution in [0.1, 0.15) is 58.9 Å². The van der Waals surface area contributed by atoms with E-state index in [1.54, 1.807) is 26.0 Å². The average Bonchev–Trinajstić information content (AvgIpc) is 2.84. The highest BCUT2D eigenvalue weighted by Crippen LogP contribution is 2.14. The van der Waals surface area contributed by atoms with Gasteiger partial charge in [-0.2, -0.15) is 0 Å². The van der Waals surface area contributed by atoms with Gasteiger partial charge in [-0.1, -0.05) is 46.2 Å². The van der Waals surface area contributed by atoms with Gasteiger partial charge < -0.3 is 37.0 Å². The van der Waals surface area contributed by atoms with Crippen LogP contribution in [0.25, 0.3) is 0 Å². The molecule has 0 saturated heterocycles. The first-order chi connectivity index (χ1) is 17.7. The number of aromatic hydroxyl groups is 1. The van der Waals surface area contributed by atoms with Gasteiger partial charge in [0.05, 0.1) is 6.04 Å². The Labute approximate surface area is 222 Å². The number of benzene rings is 1. The van der Waals surface area contributed by atoms with Crippen molar-refractivity contribution < 1.29 is 39.3 Å². The number of phenols is 1. The molecule has 0 aromatic heterocycles. The van der Waals surface area contributed by atoms with Crippen LogP contribution in [-0.4, -0.2) is 69.1 Å². The molecule has 0 heterocycles. The Morgan fingerprint density at radius 1 is 0.868 bits per heavy atom. The summed E-state index contributed by atoms with van der Waals surface area (Å²) in [6.45, 7) is 7.30. The molecule has 212 valence electrons. The molecule has 0 radical (unpaired) electrons. The summed E-state index contributed by atoms with van der Waals surface area (Å²) in [5.41, 5.74) is 6.62. The number of carboxylic acids is 2. The van der Waals surface area contributed by atoms with Gasteiger partial charge in [0.2, 0.25) is 17.7 Å². The minimum Gasteiger partial charge on any atom is -0.508 e. The summed E-state index contributed by atoms with van der Waals surface area (Å²) < 4.78 is 0. The normalized spacial score (nSPS) is 15.0. The summed E-state index contributed by atoms with van der Waals surface area (Å²) in [4.78, 5) is 61.6. The van der Waals surface area contributed by atoms with Crippen LogP contribution in [0.2, 0.25) is 0 Å². The van der Waals surface area contributed by atoms with E-state index in [0.29, 0.717) is 18.4 Å². The summed E-state index contributed by atoms with van der Waals surface area (Å²) in [6, 6.07) is 1.48. The van der Waals surface area contributed by atoms with Gasteiger partial charge in [-0.3, -0.25) is 19.2 Å². The molecule has 0 fully saturated rings. The first-order valence-electron chi connectivity index (χ1n) is 12.6. The van der Waals surface area contributed by atoms with E-state index in [1.165, 1.54) is 12.1 Å². The lowest BCUT2D eigenvalue weighted by molar-refractivity contribution is -0.143. The molecule has 5 unspecified atom stereocenters. The van der Waals surface area contributed by atoms with Crippen LogP contribution in [-0.2, 0) is 30.4 Å². The topological polar surface area (TPSA) is 208 Å². The van der Waals surface area contributed by atoms with Gasteiger partial charge in [0.1, 0.15) is 23.9 Å². The number of carbonyl (C=O) groups excluding carboxylic acids is 3. The molecule has 1 rings (SSSR count). The van der Waals surface area contributed by atoms with Gasteiger partial charge in [-0.15, -0.1) is 0 Å².